The minimum absolute atomic E-state index is 0.0802. The number of rotatable bonds is 3. The summed E-state index contributed by atoms with van der Waals surface area (Å²) in [6.07, 6.45) is 0. The molecule has 0 aliphatic heterocycles. The van der Waals surface area contributed by atoms with Crippen LogP contribution in [0.5, 0.6) is 0 Å². The Labute approximate surface area is 97.5 Å². The lowest BCUT2D eigenvalue weighted by molar-refractivity contribution is 0.101. The number of aromatic nitrogens is 3. The molecule has 4 nitrogen and oxygen atoms in total. The molecule has 2 rings (SSSR count). The summed E-state index contributed by atoms with van der Waals surface area (Å²) in [7, 11) is 0. The van der Waals surface area contributed by atoms with Gasteiger partial charge in [-0.05, 0) is 19.1 Å². The van der Waals surface area contributed by atoms with Gasteiger partial charge in [0, 0.05) is 11.8 Å². The summed E-state index contributed by atoms with van der Waals surface area (Å²) in [5.74, 6) is -0.0802. The van der Waals surface area contributed by atoms with E-state index in [0.29, 0.717) is 10.7 Å². The fraction of sp³-hybridized carbons (Fsp3) is 0.182. The molecule has 2 aromatic rings. The third-order valence-corrected chi connectivity index (χ3v) is 3.07. The van der Waals surface area contributed by atoms with Crippen molar-refractivity contribution in [1.29, 1.82) is 0 Å². The van der Waals surface area contributed by atoms with Crippen LogP contribution in [0.4, 0.5) is 0 Å². The zero-order valence-corrected chi connectivity index (χ0v) is 9.84. The minimum Gasteiger partial charge on any atom is -0.293 e. The third kappa shape index (κ3) is 2.30. The molecule has 0 fully saturated rings. The summed E-state index contributed by atoms with van der Waals surface area (Å²) in [5.41, 5.74) is 1.60. The monoisotopic (exact) mass is 233 g/mol. The zero-order chi connectivity index (χ0) is 11.5. The molecule has 0 amide bonds. The molecule has 1 aromatic carbocycles. The summed E-state index contributed by atoms with van der Waals surface area (Å²) in [5, 5.41) is 10.9. The highest BCUT2D eigenvalue weighted by Gasteiger charge is 2.13. The number of ketones is 1. The van der Waals surface area contributed by atoms with Crippen LogP contribution in [0.1, 0.15) is 23.0 Å². The van der Waals surface area contributed by atoms with Crippen LogP contribution < -0.4 is 0 Å². The second kappa shape index (κ2) is 4.49. The number of hydrogen-bond donors (Lipinski definition) is 1. The molecule has 16 heavy (non-hydrogen) atoms. The summed E-state index contributed by atoms with van der Waals surface area (Å²) in [6.45, 7) is 3.52. The molecular formula is C11H11N3OS. The molecule has 0 saturated heterocycles. The molecule has 0 saturated carbocycles. The fourth-order valence-corrected chi connectivity index (χ4v) is 2.11. The lowest BCUT2D eigenvalue weighted by atomic mass is 10.2. The molecule has 0 bridgehead atoms. The Kier molecular flexibility index (Phi) is 3.05. The average molecular weight is 233 g/mol. The van der Waals surface area contributed by atoms with Crippen LogP contribution in [0.3, 0.4) is 0 Å². The fourth-order valence-electron chi connectivity index (χ4n) is 1.24. The number of hydrogen-bond acceptors (Lipinski definition) is 4. The van der Waals surface area contributed by atoms with Crippen LogP contribution >= 0.6 is 11.8 Å². The van der Waals surface area contributed by atoms with Crippen LogP contribution in [0.15, 0.2) is 34.2 Å². The van der Waals surface area contributed by atoms with Crippen molar-refractivity contribution in [1.82, 2.24) is 15.4 Å². The SMILES string of the molecule is CC(=O)c1n[nH]nc1Sc1ccc(C)cc1. The number of nitrogens with zero attached hydrogens (tertiary/aromatic N) is 2. The van der Waals surface area contributed by atoms with Gasteiger partial charge in [-0.3, -0.25) is 4.79 Å². The maximum Gasteiger partial charge on any atom is 0.182 e. The second-order valence-electron chi connectivity index (χ2n) is 3.45. The van der Waals surface area contributed by atoms with Gasteiger partial charge in [0.1, 0.15) is 0 Å². The van der Waals surface area contributed by atoms with E-state index in [9.17, 15) is 4.79 Å². The molecule has 82 valence electrons. The van der Waals surface area contributed by atoms with Crippen LogP contribution in [0.2, 0.25) is 0 Å². The van der Waals surface area contributed by atoms with Crippen LogP contribution in [0, 0.1) is 6.92 Å². The summed E-state index contributed by atoms with van der Waals surface area (Å²) >= 11 is 1.43. The van der Waals surface area contributed by atoms with E-state index in [2.05, 4.69) is 15.4 Å². The molecule has 0 aliphatic carbocycles. The topological polar surface area (TPSA) is 58.6 Å². The van der Waals surface area contributed by atoms with E-state index in [-0.39, 0.29) is 5.78 Å². The number of carbonyl (C=O) groups is 1. The summed E-state index contributed by atoms with van der Waals surface area (Å²) in [4.78, 5) is 12.3. The van der Waals surface area contributed by atoms with Crippen molar-refractivity contribution < 1.29 is 4.79 Å². The molecule has 0 aliphatic rings. The molecule has 1 N–H and O–H groups in total. The Morgan fingerprint density at radius 3 is 2.56 bits per heavy atom. The Morgan fingerprint density at radius 1 is 1.25 bits per heavy atom. The van der Waals surface area contributed by atoms with Crippen molar-refractivity contribution >= 4 is 17.5 Å². The van der Waals surface area contributed by atoms with Gasteiger partial charge in [-0.15, -0.1) is 5.10 Å². The van der Waals surface area contributed by atoms with Gasteiger partial charge in [-0.1, -0.05) is 29.5 Å². The maximum atomic E-state index is 11.2. The molecule has 0 atom stereocenters. The van der Waals surface area contributed by atoms with E-state index in [0.717, 1.165) is 4.90 Å². The highest BCUT2D eigenvalue weighted by molar-refractivity contribution is 7.99. The number of carbonyl (C=O) groups excluding carboxylic acids is 1. The average Bonchev–Trinajstić information content (AvgIpc) is 2.69. The molecule has 1 heterocycles. The van der Waals surface area contributed by atoms with E-state index >= 15 is 0 Å². The number of aryl methyl sites for hydroxylation is 1. The van der Waals surface area contributed by atoms with Crippen LogP contribution in [-0.4, -0.2) is 21.2 Å². The Hall–Kier alpha value is -1.62. The lowest BCUT2D eigenvalue weighted by Gasteiger charge is -1.99. The van der Waals surface area contributed by atoms with E-state index in [1.54, 1.807) is 0 Å². The summed E-state index contributed by atoms with van der Waals surface area (Å²) < 4.78 is 0. The Bertz CT molecular complexity index is 504. The maximum absolute atomic E-state index is 11.2. The van der Waals surface area contributed by atoms with E-state index in [1.807, 2.05) is 31.2 Å². The molecule has 0 spiro atoms. The number of nitrogens with one attached hydrogen (secondary N) is 1. The Morgan fingerprint density at radius 2 is 1.94 bits per heavy atom. The minimum atomic E-state index is -0.0802. The number of H-pyrrole nitrogens is 1. The van der Waals surface area contributed by atoms with Crippen LogP contribution in [-0.2, 0) is 0 Å². The first-order valence-corrected chi connectivity index (χ1v) is 5.64. The molecule has 5 heteroatoms. The highest BCUT2D eigenvalue weighted by Crippen LogP contribution is 2.27. The third-order valence-electron chi connectivity index (χ3n) is 2.08. The molecule has 1 aromatic heterocycles. The van der Waals surface area contributed by atoms with Crippen molar-refractivity contribution in [2.24, 2.45) is 0 Å². The van der Waals surface area contributed by atoms with E-state index < -0.39 is 0 Å². The van der Waals surface area contributed by atoms with Gasteiger partial charge >= 0.3 is 0 Å². The number of benzene rings is 1. The van der Waals surface area contributed by atoms with Crippen molar-refractivity contribution in [3.63, 3.8) is 0 Å². The van der Waals surface area contributed by atoms with Gasteiger partial charge in [0.25, 0.3) is 0 Å². The van der Waals surface area contributed by atoms with Gasteiger partial charge in [0.05, 0.1) is 0 Å². The van der Waals surface area contributed by atoms with Gasteiger partial charge < -0.3 is 0 Å². The van der Waals surface area contributed by atoms with Crippen molar-refractivity contribution in [3.8, 4) is 0 Å². The van der Waals surface area contributed by atoms with Crippen molar-refractivity contribution in [3.05, 3.63) is 35.5 Å². The van der Waals surface area contributed by atoms with Gasteiger partial charge in [-0.25, -0.2) is 0 Å². The largest absolute Gasteiger partial charge is 0.293 e. The smallest absolute Gasteiger partial charge is 0.182 e. The molecular weight excluding hydrogens is 222 g/mol. The van der Waals surface area contributed by atoms with E-state index in [1.165, 1.54) is 24.2 Å². The van der Waals surface area contributed by atoms with Crippen LogP contribution in [0.25, 0.3) is 0 Å². The quantitative estimate of drug-likeness (QED) is 0.827. The highest BCUT2D eigenvalue weighted by atomic mass is 32.2. The number of aromatic amines is 1. The first-order valence-electron chi connectivity index (χ1n) is 4.83. The predicted octanol–water partition coefficient (Wildman–Crippen LogP) is 2.47. The van der Waals surface area contributed by atoms with E-state index in [4.69, 9.17) is 0 Å². The zero-order valence-electron chi connectivity index (χ0n) is 9.02. The first-order chi connectivity index (χ1) is 7.66. The van der Waals surface area contributed by atoms with Gasteiger partial charge in [0.2, 0.25) is 0 Å². The standard InChI is InChI=1S/C11H11N3OS/c1-7-3-5-9(6-4-7)16-11-10(8(2)15)12-14-13-11/h3-6H,1-2H3,(H,12,13,14). The number of Topliss-reactive ketones (excluding diaryl/α,β-unsaturated/α-hetero) is 1. The predicted molar refractivity (Wildman–Crippen MR) is 61.7 cm³/mol. The van der Waals surface area contributed by atoms with Crippen molar-refractivity contribution in [2.45, 2.75) is 23.8 Å². The van der Waals surface area contributed by atoms with Gasteiger partial charge in [0.15, 0.2) is 16.5 Å². The van der Waals surface area contributed by atoms with Gasteiger partial charge in [-0.2, -0.15) is 10.3 Å². The second-order valence-corrected chi connectivity index (χ2v) is 4.51. The normalized spacial score (nSPS) is 10.4. The lowest BCUT2D eigenvalue weighted by Crippen LogP contribution is -1.94. The molecule has 0 unspecified atom stereocenters. The molecule has 0 radical (unpaired) electrons. The summed E-state index contributed by atoms with van der Waals surface area (Å²) in [6, 6.07) is 8.04. The van der Waals surface area contributed by atoms with Crippen molar-refractivity contribution in [2.75, 3.05) is 0 Å². The Balaban J connectivity index is 2.23. The first kappa shape index (κ1) is 10.9.